The summed E-state index contributed by atoms with van der Waals surface area (Å²) in [5.41, 5.74) is 6.94. The molecule has 92 valence electrons. The third-order valence-electron chi connectivity index (χ3n) is 3.09. The van der Waals surface area contributed by atoms with E-state index in [0.29, 0.717) is 4.99 Å². The van der Waals surface area contributed by atoms with Crippen molar-refractivity contribution in [3.8, 4) is 0 Å². The fourth-order valence-electron chi connectivity index (χ4n) is 2.17. The van der Waals surface area contributed by atoms with E-state index < -0.39 is 0 Å². The summed E-state index contributed by atoms with van der Waals surface area (Å²) >= 11 is 4.93. The Labute approximate surface area is 108 Å². The maximum absolute atomic E-state index is 5.56. The number of nitrogens with zero attached hydrogens (tertiary/aromatic N) is 2. The van der Waals surface area contributed by atoms with Gasteiger partial charge in [0.05, 0.1) is 4.99 Å². The molecule has 2 N–H and O–H groups in total. The lowest BCUT2D eigenvalue weighted by Crippen LogP contribution is -2.48. The summed E-state index contributed by atoms with van der Waals surface area (Å²) in [6.07, 6.45) is 0. The second-order valence-corrected chi connectivity index (χ2v) is 5.03. The van der Waals surface area contributed by atoms with Crippen molar-refractivity contribution >= 4 is 17.2 Å². The fourth-order valence-corrected chi connectivity index (χ4v) is 2.35. The Balaban J connectivity index is 1.78. The average Bonchev–Trinajstić information content (AvgIpc) is 2.32. The van der Waals surface area contributed by atoms with Crippen molar-refractivity contribution in [2.75, 3.05) is 32.7 Å². The molecule has 1 saturated heterocycles. The monoisotopic (exact) mass is 249 g/mol. The van der Waals surface area contributed by atoms with Crippen LogP contribution in [0.3, 0.4) is 0 Å². The predicted molar refractivity (Wildman–Crippen MR) is 74.9 cm³/mol. The summed E-state index contributed by atoms with van der Waals surface area (Å²) < 4.78 is 0. The highest BCUT2D eigenvalue weighted by Gasteiger charge is 2.16. The standard InChI is InChI=1S/C13H19N3S/c14-13(17)11-16-8-6-15(7-9-16)10-12-4-2-1-3-5-12/h1-5H,6-11H2,(H2,14,17). The average molecular weight is 249 g/mol. The van der Waals surface area contributed by atoms with Gasteiger partial charge in [-0.1, -0.05) is 42.5 Å². The Morgan fingerprint density at radius 1 is 1.06 bits per heavy atom. The molecule has 1 aromatic rings. The molecule has 0 radical (unpaired) electrons. The van der Waals surface area contributed by atoms with Crippen LogP contribution in [0.4, 0.5) is 0 Å². The normalized spacial score (nSPS) is 18.1. The molecule has 3 nitrogen and oxygen atoms in total. The molecule has 1 aliphatic rings. The number of piperazine rings is 1. The van der Waals surface area contributed by atoms with E-state index in [0.717, 1.165) is 39.3 Å². The first-order chi connectivity index (χ1) is 8.24. The molecule has 0 aromatic heterocycles. The number of hydrogen-bond donors (Lipinski definition) is 1. The molecular weight excluding hydrogens is 230 g/mol. The van der Waals surface area contributed by atoms with Crippen molar-refractivity contribution in [1.82, 2.24) is 9.80 Å². The van der Waals surface area contributed by atoms with E-state index in [2.05, 4.69) is 40.1 Å². The Hall–Kier alpha value is -0.970. The maximum Gasteiger partial charge on any atom is 0.0870 e. The summed E-state index contributed by atoms with van der Waals surface area (Å²) in [6, 6.07) is 10.6. The molecule has 0 bridgehead atoms. The molecule has 1 aromatic carbocycles. The number of benzene rings is 1. The van der Waals surface area contributed by atoms with Crippen LogP contribution in [-0.4, -0.2) is 47.5 Å². The van der Waals surface area contributed by atoms with E-state index in [1.807, 2.05) is 0 Å². The number of hydrogen-bond acceptors (Lipinski definition) is 3. The summed E-state index contributed by atoms with van der Waals surface area (Å²) in [6.45, 7) is 6.11. The van der Waals surface area contributed by atoms with Gasteiger partial charge in [-0.3, -0.25) is 9.80 Å². The van der Waals surface area contributed by atoms with Crippen molar-refractivity contribution in [2.45, 2.75) is 6.54 Å². The first kappa shape index (κ1) is 12.5. The minimum atomic E-state index is 0.599. The second-order valence-electron chi connectivity index (χ2n) is 4.50. The minimum absolute atomic E-state index is 0.599. The molecule has 4 heteroatoms. The lowest BCUT2D eigenvalue weighted by atomic mass is 10.2. The molecule has 17 heavy (non-hydrogen) atoms. The summed E-state index contributed by atoms with van der Waals surface area (Å²) in [5.74, 6) is 0. The van der Waals surface area contributed by atoms with Gasteiger partial charge < -0.3 is 5.73 Å². The molecule has 0 atom stereocenters. The smallest absolute Gasteiger partial charge is 0.0870 e. The van der Waals surface area contributed by atoms with Crippen LogP contribution in [0.1, 0.15) is 5.56 Å². The van der Waals surface area contributed by atoms with Gasteiger partial charge in [-0.2, -0.15) is 0 Å². The van der Waals surface area contributed by atoms with E-state index >= 15 is 0 Å². The highest BCUT2D eigenvalue weighted by molar-refractivity contribution is 7.80. The van der Waals surface area contributed by atoms with Crippen LogP contribution in [0.25, 0.3) is 0 Å². The zero-order valence-electron chi connectivity index (χ0n) is 10.0. The molecule has 1 aliphatic heterocycles. The first-order valence-electron chi connectivity index (χ1n) is 6.01. The Morgan fingerprint density at radius 2 is 1.65 bits per heavy atom. The van der Waals surface area contributed by atoms with Crippen molar-refractivity contribution in [3.05, 3.63) is 35.9 Å². The molecule has 0 unspecified atom stereocenters. The van der Waals surface area contributed by atoms with Crippen LogP contribution in [0, 0.1) is 0 Å². The van der Waals surface area contributed by atoms with Gasteiger partial charge >= 0.3 is 0 Å². The minimum Gasteiger partial charge on any atom is -0.392 e. The van der Waals surface area contributed by atoms with E-state index in [9.17, 15) is 0 Å². The van der Waals surface area contributed by atoms with Crippen LogP contribution in [-0.2, 0) is 6.54 Å². The highest BCUT2D eigenvalue weighted by atomic mass is 32.1. The Bertz CT molecular complexity index is 358. The van der Waals surface area contributed by atoms with Crippen molar-refractivity contribution < 1.29 is 0 Å². The predicted octanol–water partition coefficient (Wildman–Crippen LogP) is 1.09. The largest absolute Gasteiger partial charge is 0.392 e. The first-order valence-corrected chi connectivity index (χ1v) is 6.42. The molecular formula is C13H19N3S. The molecule has 0 saturated carbocycles. The highest BCUT2D eigenvalue weighted by Crippen LogP contribution is 2.07. The molecule has 1 heterocycles. The van der Waals surface area contributed by atoms with Crippen molar-refractivity contribution in [3.63, 3.8) is 0 Å². The van der Waals surface area contributed by atoms with Gasteiger partial charge in [-0.05, 0) is 5.56 Å². The molecule has 0 spiro atoms. The van der Waals surface area contributed by atoms with Gasteiger partial charge in [0.25, 0.3) is 0 Å². The van der Waals surface area contributed by atoms with Crippen LogP contribution in [0.5, 0.6) is 0 Å². The van der Waals surface area contributed by atoms with Crippen LogP contribution >= 0.6 is 12.2 Å². The number of rotatable bonds is 4. The van der Waals surface area contributed by atoms with Crippen LogP contribution < -0.4 is 5.73 Å². The van der Waals surface area contributed by atoms with Gasteiger partial charge in [0.2, 0.25) is 0 Å². The van der Waals surface area contributed by atoms with Crippen LogP contribution in [0.15, 0.2) is 30.3 Å². The molecule has 0 aliphatic carbocycles. The van der Waals surface area contributed by atoms with Crippen molar-refractivity contribution in [2.24, 2.45) is 5.73 Å². The van der Waals surface area contributed by atoms with Gasteiger partial charge in [-0.15, -0.1) is 0 Å². The van der Waals surface area contributed by atoms with Gasteiger partial charge in [0.1, 0.15) is 0 Å². The molecule has 2 rings (SSSR count). The van der Waals surface area contributed by atoms with Crippen molar-refractivity contribution in [1.29, 1.82) is 0 Å². The lowest BCUT2D eigenvalue weighted by molar-refractivity contribution is 0.140. The van der Waals surface area contributed by atoms with E-state index in [4.69, 9.17) is 18.0 Å². The van der Waals surface area contributed by atoms with Gasteiger partial charge in [0.15, 0.2) is 0 Å². The summed E-state index contributed by atoms with van der Waals surface area (Å²) in [7, 11) is 0. The summed E-state index contributed by atoms with van der Waals surface area (Å²) in [5, 5.41) is 0. The zero-order chi connectivity index (χ0) is 12.1. The third-order valence-corrected chi connectivity index (χ3v) is 3.22. The lowest BCUT2D eigenvalue weighted by Gasteiger charge is -2.34. The van der Waals surface area contributed by atoms with Crippen LogP contribution in [0.2, 0.25) is 0 Å². The van der Waals surface area contributed by atoms with E-state index in [1.165, 1.54) is 5.56 Å². The topological polar surface area (TPSA) is 32.5 Å². The second kappa shape index (κ2) is 6.10. The fraction of sp³-hybridized carbons (Fsp3) is 0.462. The van der Waals surface area contributed by atoms with Gasteiger partial charge in [0, 0.05) is 39.3 Å². The zero-order valence-corrected chi connectivity index (χ0v) is 10.8. The maximum atomic E-state index is 5.56. The molecule has 1 fully saturated rings. The quantitative estimate of drug-likeness (QED) is 0.810. The summed E-state index contributed by atoms with van der Waals surface area (Å²) in [4.78, 5) is 5.40. The van der Waals surface area contributed by atoms with E-state index in [-0.39, 0.29) is 0 Å². The Morgan fingerprint density at radius 3 is 2.24 bits per heavy atom. The Kier molecular flexibility index (Phi) is 4.48. The molecule has 0 amide bonds. The van der Waals surface area contributed by atoms with E-state index in [1.54, 1.807) is 0 Å². The SMILES string of the molecule is NC(=S)CN1CCN(Cc2ccccc2)CC1. The number of nitrogens with two attached hydrogens (primary N) is 1. The number of thiocarbonyl (C=S) groups is 1. The third kappa shape index (κ3) is 4.07. The van der Waals surface area contributed by atoms with Gasteiger partial charge in [-0.25, -0.2) is 0 Å².